The van der Waals surface area contributed by atoms with Gasteiger partial charge in [-0.05, 0) is 38.1 Å². The van der Waals surface area contributed by atoms with Gasteiger partial charge in [-0.15, -0.1) is 0 Å². The van der Waals surface area contributed by atoms with Gasteiger partial charge in [0.25, 0.3) is 0 Å². The number of amidine groups is 1. The average molecular weight is 442 g/mol. The lowest BCUT2D eigenvalue weighted by molar-refractivity contribution is -0.207. The Kier molecular flexibility index (Phi) is 6.16. The first kappa shape index (κ1) is 22.5. The molecule has 31 heavy (non-hydrogen) atoms. The molecular formula is C20H19F5N4O2. The Bertz CT molecular complexity index is 1110. The average Bonchev–Trinajstić information content (AvgIpc) is 3.02. The number of aliphatic hydroxyl groups is 1. The smallest absolute Gasteiger partial charge is 0.416 e. The largest absolute Gasteiger partial charge is 0.485 e. The lowest BCUT2D eigenvalue weighted by Gasteiger charge is -2.18. The lowest BCUT2D eigenvalue weighted by atomic mass is 10.2. The number of nitrogens with two attached hydrogens (primary N) is 1. The number of hydrogen-bond donors (Lipinski definition) is 2. The van der Waals surface area contributed by atoms with Crippen molar-refractivity contribution in [2.45, 2.75) is 38.8 Å². The van der Waals surface area contributed by atoms with Gasteiger partial charge >= 0.3 is 6.18 Å². The van der Waals surface area contributed by atoms with Crippen LogP contribution in [0.5, 0.6) is 5.75 Å². The van der Waals surface area contributed by atoms with Crippen LogP contribution in [0.1, 0.15) is 23.9 Å². The van der Waals surface area contributed by atoms with Crippen molar-refractivity contribution < 1.29 is 31.8 Å². The second-order valence-corrected chi connectivity index (χ2v) is 6.84. The maximum atomic E-state index is 13.8. The van der Waals surface area contributed by atoms with Crippen LogP contribution in [0.15, 0.2) is 41.5 Å². The summed E-state index contributed by atoms with van der Waals surface area (Å²) < 4.78 is 72.8. The van der Waals surface area contributed by atoms with Gasteiger partial charge in [0.2, 0.25) is 0 Å². The number of aryl methyl sites for hydroxylation is 1. The van der Waals surface area contributed by atoms with Gasteiger partial charge in [-0.25, -0.2) is 13.8 Å². The lowest BCUT2D eigenvalue weighted by Crippen LogP contribution is -2.38. The quantitative estimate of drug-likeness (QED) is 0.348. The molecule has 2 aromatic heterocycles. The fraction of sp³-hybridized carbons (Fsp3) is 0.300. The predicted molar refractivity (Wildman–Crippen MR) is 103 cm³/mol. The van der Waals surface area contributed by atoms with Crippen molar-refractivity contribution in [3.63, 3.8) is 0 Å². The van der Waals surface area contributed by atoms with E-state index < -0.39 is 36.6 Å². The number of hydrogen-bond acceptors (Lipinski definition) is 4. The topological polar surface area (TPSA) is 85.1 Å². The minimum absolute atomic E-state index is 0.177. The second kappa shape index (κ2) is 8.50. The molecule has 0 spiro atoms. The van der Waals surface area contributed by atoms with Gasteiger partial charge in [-0.3, -0.25) is 9.39 Å². The molecule has 0 radical (unpaired) electrons. The summed E-state index contributed by atoms with van der Waals surface area (Å²) >= 11 is 0. The Labute approximate surface area is 173 Å². The number of imidazole rings is 1. The van der Waals surface area contributed by atoms with Gasteiger partial charge in [0, 0.05) is 6.20 Å². The highest BCUT2D eigenvalue weighted by molar-refractivity contribution is 5.98. The van der Waals surface area contributed by atoms with Crippen molar-refractivity contribution in [1.82, 2.24) is 9.38 Å². The molecule has 0 bridgehead atoms. The summed E-state index contributed by atoms with van der Waals surface area (Å²) in [5, 5.41) is 9.36. The van der Waals surface area contributed by atoms with Crippen molar-refractivity contribution in [3.05, 3.63) is 65.1 Å². The summed E-state index contributed by atoms with van der Waals surface area (Å²) in [6.07, 6.45) is -5.99. The molecule has 3 N–H and O–H groups in total. The number of benzene rings is 1. The van der Waals surface area contributed by atoms with E-state index in [-0.39, 0.29) is 28.5 Å². The summed E-state index contributed by atoms with van der Waals surface area (Å²) in [6, 6.07) is 4.97. The van der Waals surface area contributed by atoms with Crippen molar-refractivity contribution in [2.75, 3.05) is 0 Å². The number of pyridine rings is 1. The first-order valence-corrected chi connectivity index (χ1v) is 9.12. The first-order chi connectivity index (χ1) is 14.5. The van der Waals surface area contributed by atoms with E-state index in [0.717, 1.165) is 19.1 Å². The molecule has 2 atom stereocenters. The van der Waals surface area contributed by atoms with E-state index in [9.17, 15) is 27.1 Å². The third-order valence-corrected chi connectivity index (χ3v) is 4.60. The molecule has 1 aromatic carbocycles. The van der Waals surface area contributed by atoms with E-state index >= 15 is 0 Å². The number of halogens is 5. The summed E-state index contributed by atoms with van der Waals surface area (Å²) in [5.41, 5.74) is 6.43. The van der Waals surface area contributed by atoms with Crippen LogP contribution in [0.4, 0.5) is 22.0 Å². The van der Waals surface area contributed by atoms with Crippen LogP contribution in [0.3, 0.4) is 0 Å². The summed E-state index contributed by atoms with van der Waals surface area (Å²) in [4.78, 5) is 8.06. The monoisotopic (exact) mass is 442 g/mol. The van der Waals surface area contributed by atoms with Crippen molar-refractivity contribution in [2.24, 2.45) is 10.7 Å². The predicted octanol–water partition coefficient (Wildman–Crippen LogP) is 3.52. The number of alkyl halides is 3. The van der Waals surface area contributed by atoms with Crippen molar-refractivity contribution in [1.29, 1.82) is 0 Å². The van der Waals surface area contributed by atoms with Crippen molar-refractivity contribution >= 4 is 11.5 Å². The minimum Gasteiger partial charge on any atom is -0.485 e. The molecule has 166 valence electrons. The molecule has 0 aliphatic carbocycles. The fourth-order valence-electron chi connectivity index (χ4n) is 3.02. The summed E-state index contributed by atoms with van der Waals surface area (Å²) in [5.74, 6) is -1.62. The molecule has 0 amide bonds. The van der Waals surface area contributed by atoms with Gasteiger partial charge in [0.1, 0.15) is 29.8 Å². The molecule has 3 rings (SSSR count). The number of nitrogens with zero attached hydrogens (tertiary/aromatic N) is 3. The zero-order valence-corrected chi connectivity index (χ0v) is 16.5. The van der Waals surface area contributed by atoms with Gasteiger partial charge in [-0.1, -0.05) is 6.07 Å². The Morgan fingerprint density at radius 2 is 1.87 bits per heavy atom. The standard InChI is InChI=1S/C20H19F5N4O2/c1-10-16(18(26)27-11(2)17(30)20(23,24)25)29-8-4-7-15(19(29)28-10)31-9-12-13(21)5-3-6-14(12)22/h3-8,11,17,30H,9H2,1-2H3,(H2,26,27). The van der Waals surface area contributed by atoms with E-state index in [1.165, 1.54) is 22.7 Å². The van der Waals surface area contributed by atoms with Gasteiger partial charge in [0.15, 0.2) is 17.5 Å². The van der Waals surface area contributed by atoms with E-state index in [2.05, 4.69) is 9.98 Å². The maximum absolute atomic E-state index is 13.8. The number of aliphatic hydroxyl groups excluding tert-OH is 1. The minimum atomic E-state index is -4.85. The van der Waals surface area contributed by atoms with Gasteiger partial charge in [-0.2, -0.15) is 13.2 Å². The second-order valence-electron chi connectivity index (χ2n) is 6.84. The molecule has 3 aromatic rings. The molecule has 0 fully saturated rings. The third-order valence-electron chi connectivity index (χ3n) is 4.60. The highest BCUT2D eigenvalue weighted by atomic mass is 19.4. The molecule has 2 unspecified atom stereocenters. The van der Waals surface area contributed by atoms with Gasteiger partial charge < -0.3 is 15.6 Å². The van der Waals surface area contributed by atoms with Crippen LogP contribution in [0, 0.1) is 18.6 Å². The van der Waals surface area contributed by atoms with E-state index in [0.29, 0.717) is 5.69 Å². The number of fused-ring (bicyclic) bond motifs is 1. The van der Waals surface area contributed by atoms with Gasteiger partial charge in [0.05, 0.1) is 17.3 Å². The Morgan fingerprint density at radius 1 is 1.23 bits per heavy atom. The number of ether oxygens (including phenoxy) is 1. The maximum Gasteiger partial charge on any atom is 0.416 e. The highest BCUT2D eigenvalue weighted by Gasteiger charge is 2.42. The van der Waals surface area contributed by atoms with E-state index in [1.807, 2.05) is 0 Å². The van der Waals surface area contributed by atoms with Crippen LogP contribution in [0.2, 0.25) is 0 Å². The van der Waals surface area contributed by atoms with Crippen LogP contribution in [-0.4, -0.2) is 38.6 Å². The number of aromatic nitrogens is 2. The molecule has 0 aliphatic rings. The van der Waals surface area contributed by atoms with Crippen molar-refractivity contribution in [3.8, 4) is 5.75 Å². The molecule has 11 heteroatoms. The van der Waals surface area contributed by atoms with E-state index in [1.54, 1.807) is 13.0 Å². The summed E-state index contributed by atoms with van der Waals surface area (Å²) in [7, 11) is 0. The summed E-state index contributed by atoms with van der Waals surface area (Å²) in [6.45, 7) is 2.24. The molecule has 0 saturated heterocycles. The number of aliphatic imine (C=N–C) groups is 1. The van der Waals surface area contributed by atoms with Crippen LogP contribution in [0.25, 0.3) is 5.65 Å². The molecular weight excluding hydrogens is 423 g/mol. The third kappa shape index (κ3) is 4.61. The Balaban J connectivity index is 1.94. The zero-order valence-electron chi connectivity index (χ0n) is 16.5. The highest BCUT2D eigenvalue weighted by Crippen LogP contribution is 2.26. The first-order valence-electron chi connectivity index (χ1n) is 9.12. The normalized spacial score (nSPS) is 14.6. The molecule has 0 aliphatic heterocycles. The Hall–Kier alpha value is -3.21. The number of rotatable bonds is 6. The molecule has 6 nitrogen and oxygen atoms in total. The van der Waals surface area contributed by atoms with Crippen LogP contribution in [-0.2, 0) is 6.61 Å². The SMILES string of the molecule is Cc1nc2c(OCc3c(F)cccc3F)cccn2c1C(N)=NC(C)C(O)C(F)(F)F. The zero-order chi connectivity index (χ0) is 22.9. The van der Waals surface area contributed by atoms with Crippen LogP contribution < -0.4 is 10.5 Å². The molecule has 2 heterocycles. The van der Waals surface area contributed by atoms with E-state index in [4.69, 9.17) is 10.5 Å². The molecule has 0 saturated carbocycles. The van der Waals surface area contributed by atoms with Crippen LogP contribution >= 0.6 is 0 Å². The Morgan fingerprint density at radius 3 is 2.48 bits per heavy atom. The fourth-order valence-corrected chi connectivity index (χ4v) is 3.02.